The van der Waals surface area contributed by atoms with Gasteiger partial charge in [0.2, 0.25) is 0 Å². The van der Waals surface area contributed by atoms with E-state index < -0.39 is 0 Å². The summed E-state index contributed by atoms with van der Waals surface area (Å²) in [6.07, 6.45) is 7.16. The molecule has 0 saturated heterocycles. The minimum absolute atomic E-state index is 0.387. The first-order chi connectivity index (χ1) is 8.85. The molecule has 0 unspecified atom stereocenters. The number of rotatable bonds is 4. The van der Waals surface area contributed by atoms with Crippen LogP contribution in [0.2, 0.25) is 0 Å². The summed E-state index contributed by atoms with van der Waals surface area (Å²) in [4.78, 5) is 12.5. The van der Waals surface area contributed by atoms with Gasteiger partial charge in [0.25, 0.3) is 0 Å². The minimum atomic E-state index is 0.387. The molecule has 4 heteroatoms. The highest BCUT2D eigenvalue weighted by atomic mass is 16.4. The summed E-state index contributed by atoms with van der Waals surface area (Å²) in [5, 5.41) is 0. The largest absolute Gasteiger partial charge is 0.437 e. The molecule has 0 aliphatic carbocycles. The summed E-state index contributed by atoms with van der Waals surface area (Å²) in [7, 11) is 0. The van der Waals surface area contributed by atoms with Crippen molar-refractivity contribution in [1.29, 1.82) is 0 Å². The zero-order chi connectivity index (χ0) is 13.4. The van der Waals surface area contributed by atoms with E-state index in [9.17, 15) is 0 Å². The minimum Gasteiger partial charge on any atom is -0.437 e. The van der Waals surface area contributed by atoms with Crippen LogP contribution in [0.25, 0.3) is 11.6 Å². The molecule has 2 aromatic heterocycles. The molecule has 98 valence electrons. The van der Waals surface area contributed by atoms with Crippen molar-refractivity contribution in [3.05, 3.63) is 30.5 Å². The second-order valence-corrected chi connectivity index (χ2v) is 3.65. The van der Waals surface area contributed by atoms with Gasteiger partial charge in [-0.1, -0.05) is 27.7 Å². The third-order valence-corrected chi connectivity index (χ3v) is 2.64. The molecule has 0 radical (unpaired) electrons. The predicted octanol–water partition coefficient (Wildman–Crippen LogP) is 4.06. The maximum Gasteiger partial charge on any atom is 0.198 e. The van der Waals surface area contributed by atoms with Crippen molar-refractivity contribution < 1.29 is 4.42 Å². The normalized spacial score (nSPS) is 10.1. The molecule has 0 amide bonds. The molecular weight excluding hydrogens is 226 g/mol. The molecule has 0 atom stereocenters. The van der Waals surface area contributed by atoms with Crippen molar-refractivity contribution in [2.24, 2.45) is 0 Å². The lowest BCUT2D eigenvalue weighted by Gasteiger charge is -2.05. The average Bonchev–Trinajstić information content (AvgIpc) is 2.93. The quantitative estimate of drug-likeness (QED) is 0.817. The van der Waals surface area contributed by atoms with Crippen LogP contribution >= 0.6 is 0 Å². The highest BCUT2D eigenvalue weighted by molar-refractivity contribution is 5.43. The third kappa shape index (κ3) is 3.39. The van der Waals surface area contributed by atoms with Gasteiger partial charge in [0.15, 0.2) is 17.5 Å². The number of oxazole rings is 1. The van der Waals surface area contributed by atoms with Crippen molar-refractivity contribution in [2.45, 2.75) is 46.5 Å². The van der Waals surface area contributed by atoms with Crippen LogP contribution in [0.1, 0.15) is 52.3 Å². The molecule has 4 nitrogen and oxygen atoms in total. The van der Waals surface area contributed by atoms with Crippen LogP contribution in [0.5, 0.6) is 0 Å². The fourth-order valence-corrected chi connectivity index (χ4v) is 1.64. The molecule has 2 aromatic rings. The van der Waals surface area contributed by atoms with Gasteiger partial charge in [-0.3, -0.25) is 0 Å². The first-order valence-electron chi connectivity index (χ1n) is 6.58. The van der Waals surface area contributed by atoms with Gasteiger partial charge >= 0.3 is 0 Å². The van der Waals surface area contributed by atoms with Crippen LogP contribution in [0, 0.1) is 0 Å². The Hall–Kier alpha value is -1.71. The monoisotopic (exact) mass is 247 g/mol. The number of hydrogen-bond donors (Lipinski definition) is 0. The summed E-state index contributed by atoms with van der Waals surface area (Å²) >= 11 is 0. The lowest BCUT2D eigenvalue weighted by molar-refractivity contribution is 0.437. The highest BCUT2D eigenvalue weighted by Gasteiger charge is 2.15. The van der Waals surface area contributed by atoms with Crippen molar-refractivity contribution >= 4 is 0 Å². The lowest BCUT2D eigenvalue weighted by atomic mass is 10.0. The molecule has 0 spiro atoms. The Morgan fingerprint density at radius 1 is 1.06 bits per heavy atom. The van der Waals surface area contributed by atoms with Crippen LogP contribution in [0.4, 0.5) is 0 Å². The molecule has 0 N–H and O–H groups in total. The van der Waals surface area contributed by atoms with E-state index in [0.29, 0.717) is 17.5 Å². The van der Waals surface area contributed by atoms with E-state index >= 15 is 0 Å². The molecule has 0 bridgehead atoms. The first-order valence-corrected chi connectivity index (χ1v) is 6.58. The van der Waals surface area contributed by atoms with Crippen molar-refractivity contribution in [1.82, 2.24) is 15.0 Å². The Morgan fingerprint density at radius 2 is 1.67 bits per heavy atom. The molecule has 0 fully saturated rings. The molecule has 0 aromatic carbocycles. The molecule has 0 aliphatic heterocycles. The summed E-state index contributed by atoms with van der Waals surface area (Å²) in [6, 6.07) is 1.78. The van der Waals surface area contributed by atoms with E-state index in [4.69, 9.17) is 4.42 Å². The zero-order valence-electron chi connectivity index (χ0n) is 11.6. The summed E-state index contributed by atoms with van der Waals surface area (Å²) in [6.45, 7) is 8.27. The third-order valence-electron chi connectivity index (χ3n) is 2.64. The van der Waals surface area contributed by atoms with Crippen LogP contribution in [0.15, 0.2) is 29.1 Å². The number of nitrogens with zero attached hydrogens (tertiary/aromatic N) is 3. The summed E-state index contributed by atoms with van der Waals surface area (Å²) in [5.74, 6) is 2.40. The maximum atomic E-state index is 5.68. The van der Waals surface area contributed by atoms with Crippen LogP contribution < -0.4 is 0 Å². The fraction of sp³-hybridized carbons (Fsp3) is 0.500. The van der Waals surface area contributed by atoms with Gasteiger partial charge < -0.3 is 4.42 Å². The fourth-order valence-electron chi connectivity index (χ4n) is 1.64. The van der Waals surface area contributed by atoms with Crippen LogP contribution in [0.3, 0.4) is 0 Å². The smallest absolute Gasteiger partial charge is 0.198 e. The molecule has 2 rings (SSSR count). The maximum absolute atomic E-state index is 5.68. The van der Waals surface area contributed by atoms with E-state index in [2.05, 4.69) is 28.8 Å². The first kappa shape index (κ1) is 14.4. The van der Waals surface area contributed by atoms with Gasteiger partial charge in [0.1, 0.15) is 0 Å². The van der Waals surface area contributed by atoms with Crippen molar-refractivity contribution in [3.8, 4) is 11.6 Å². The summed E-state index contributed by atoms with van der Waals surface area (Å²) < 4.78 is 5.68. The second kappa shape index (κ2) is 7.58. The molecule has 0 saturated carbocycles. The number of hydrogen-bond acceptors (Lipinski definition) is 4. The average molecular weight is 247 g/mol. The molecule has 18 heavy (non-hydrogen) atoms. The predicted molar refractivity (Wildman–Crippen MR) is 72.2 cm³/mol. The van der Waals surface area contributed by atoms with Gasteiger partial charge in [-0.15, -0.1) is 0 Å². The Kier molecular flexibility index (Phi) is 6.05. The van der Waals surface area contributed by atoms with Crippen molar-refractivity contribution in [3.63, 3.8) is 0 Å². The van der Waals surface area contributed by atoms with Gasteiger partial charge in [-0.25, -0.2) is 15.0 Å². The van der Waals surface area contributed by atoms with E-state index in [0.717, 1.165) is 18.7 Å². The molecule has 0 aliphatic rings. The second-order valence-electron chi connectivity index (χ2n) is 3.65. The molecule has 2 heterocycles. The standard InChI is InChI=1S/C12H15N3O.C2H6/c1-3-9(4-2)12-15-8-10(16-12)11-13-6-5-7-14-11;1-2/h5-9H,3-4H2,1-2H3;1-2H3. The van der Waals surface area contributed by atoms with E-state index in [1.807, 2.05) is 13.8 Å². The SMILES string of the molecule is CC.CCC(CC)c1ncc(-c2ncccn2)o1. The van der Waals surface area contributed by atoms with E-state index in [1.54, 1.807) is 24.7 Å². The zero-order valence-corrected chi connectivity index (χ0v) is 11.6. The van der Waals surface area contributed by atoms with Gasteiger partial charge in [0.05, 0.1) is 6.20 Å². The van der Waals surface area contributed by atoms with Crippen LogP contribution in [-0.4, -0.2) is 15.0 Å². The highest BCUT2D eigenvalue weighted by Crippen LogP contribution is 2.25. The van der Waals surface area contributed by atoms with Gasteiger partial charge in [-0.05, 0) is 18.9 Å². The number of aromatic nitrogens is 3. The topological polar surface area (TPSA) is 51.8 Å². The Labute approximate surface area is 109 Å². The van der Waals surface area contributed by atoms with E-state index in [1.165, 1.54) is 0 Å². The van der Waals surface area contributed by atoms with Gasteiger partial charge in [-0.2, -0.15) is 0 Å². The Bertz CT molecular complexity index is 435. The summed E-state index contributed by atoms with van der Waals surface area (Å²) in [5.41, 5.74) is 0. The van der Waals surface area contributed by atoms with Crippen molar-refractivity contribution in [2.75, 3.05) is 0 Å². The Morgan fingerprint density at radius 3 is 2.22 bits per heavy atom. The Balaban J connectivity index is 0.000000771. The lowest BCUT2D eigenvalue weighted by Crippen LogP contribution is -1.94. The van der Waals surface area contributed by atoms with E-state index in [-0.39, 0.29) is 0 Å². The van der Waals surface area contributed by atoms with Gasteiger partial charge in [0, 0.05) is 18.3 Å². The molecular formula is C14H21N3O. The van der Waals surface area contributed by atoms with Crippen LogP contribution in [-0.2, 0) is 0 Å².